The fourth-order valence-electron chi connectivity index (χ4n) is 1.84. The van der Waals surface area contributed by atoms with Crippen LogP contribution in [0.2, 0.25) is 0 Å². The zero-order valence-corrected chi connectivity index (χ0v) is 10.2. The third kappa shape index (κ3) is 3.38. The van der Waals surface area contributed by atoms with Gasteiger partial charge in [-0.3, -0.25) is 0 Å². The monoisotopic (exact) mass is 219 g/mol. The smallest absolute Gasteiger partial charge is 0.0681 e. The molecule has 1 aromatic rings. The van der Waals surface area contributed by atoms with E-state index < -0.39 is 0 Å². The van der Waals surface area contributed by atoms with Gasteiger partial charge in [-0.1, -0.05) is 18.2 Å². The van der Waals surface area contributed by atoms with Gasteiger partial charge in [-0.05, 0) is 37.0 Å². The lowest BCUT2D eigenvalue weighted by atomic mass is 10.1. The predicted octanol–water partition coefficient (Wildman–Crippen LogP) is 2.89. The van der Waals surface area contributed by atoms with E-state index in [0.29, 0.717) is 0 Å². The highest BCUT2D eigenvalue weighted by Gasteiger charge is 2.04. The van der Waals surface area contributed by atoms with Crippen molar-refractivity contribution in [2.45, 2.75) is 26.4 Å². The summed E-state index contributed by atoms with van der Waals surface area (Å²) in [4.78, 5) is 2.25. The number of benzene rings is 1. The molecule has 0 atom stereocenters. The number of allylic oxidation sites excluding steroid dienone is 1. The fourth-order valence-corrected chi connectivity index (χ4v) is 1.84. The zero-order valence-electron chi connectivity index (χ0n) is 10.2. The molecule has 0 radical (unpaired) electrons. The second-order valence-electron chi connectivity index (χ2n) is 4.13. The number of aliphatic hydroxyl groups excluding tert-OH is 1. The van der Waals surface area contributed by atoms with E-state index in [1.807, 2.05) is 18.2 Å². The van der Waals surface area contributed by atoms with Crippen LogP contribution in [-0.2, 0) is 6.61 Å². The van der Waals surface area contributed by atoms with E-state index >= 15 is 0 Å². The highest BCUT2D eigenvalue weighted by molar-refractivity contribution is 5.53. The molecule has 0 fully saturated rings. The summed E-state index contributed by atoms with van der Waals surface area (Å²) in [5, 5.41) is 9.04. The van der Waals surface area contributed by atoms with Crippen LogP contribution in [0.1, 0.15) is 24.0 Å². The van der Waals surface area contributed by atoms with E-state index in [4.69, 9.17) is 5.11 Å². The maximum atomic E-state index is 9.04. The predicted molar refractivity (Wildman–Crippen MR) is 69.8 cm³/mol. The van der Waals surface area contributed by atoms with Crippen molar-refractivity contribution in [3.63, 3.8) is 0 Å². The van der Waals surface area contributed by atoms with Crippen LogP contribution in [0.3, 0.4) is 0 Å². The van der Waals surface area contributed by atoms with Gasteiger partial charge in [0.2, 0.25) is 0 Å². The molecule has 0 aliphatic heterocycles. The molecule has 0 bridgehead atoms. The summed E-state index contributed by atoms with van der Waals surface area (Å²) in [6.45, 7) is 6.95. The number of rotatable bonds is 6. The molecule has 2 heteroatoms. The minimum Gasteiger partial charge on any atom is -0.392 e. The Morgan fingerprint density at radius 2 is 2.19 bits per heavy atom. The first-order valence-corrected chi connectivity index (χ1v) is 5.71. The Morgan fingerprint density at radius 3 is 2.75 bits per heavy atom. The summed E-state index contributed by atoms with van der Waals surface area (Å²) in [5.41, 5.74) is 3.43. The normalized spacial score (nSPS) is 10.2. The molecule has 0 amide bonds. The molecule has 16 heavy (non-hydrogen) atoms. The van der Waals surface area contributed by atoms with Gasteiger partial charge in [-0.25, -0.2) is 0 Å². The number of anilines is 1. The van der Waals surface area contributed by atoms with Crippen molar-refractivity contribution in [3.8, 4) is 0 Å². The van der Waals surface area contributed by atoms with Crippen molar-refractivity contribution in [3.05, 3.63) is 42.0 Å². The number of aliphatic hydroxyl groups is 1. The van der Waals surface area contributed by atoms with Gasteiger partial charge in [-0.15, -0.1) is 6.58 Å². The Balaban J connectivity index is 2.67. The topological polar surface area (TPSA) is 23.5 Å². The van der Waals surface area contributed by atoms with Crippen LogP contribution >= 0.6 is 0 Å². The highest BCUT2D eigenvalue weighted by Crippen LogP contribution is 2.20. The van der Waals surface area contributed by atoms with E-state index in [1.54, 1.807) is 0 Å². The van der Waals surface area contributed by atoms with E-state index in [1.165, 1.54) is 11.3 Å². The molecule has 0 spiro atoms. The number of hydrogen-bond donors (Lipinski definition) is 1. The maximum absolute atomic E-state index is 9.04. The first-order valence-electron chi connectivity index (χ1n) is 5.71. The lowest BCUT2D eigenvalue weighted by molar-refractivity contribution is 0.282. The van der Waals surface area contributed by atoms with E-state index in [2.05, 4.69) is 31.5 Å². The average Bonchev–Trinajstić information content (AvgIpc) is 2.29. The van der Waals surface area contributed by atoms with Crippen molar-refractivity contribution in [1.82, 2.24) is 0 Å². The second kappa shape index (κ2) is 6.33. The molecule has 1 rings (SSSR count). The summed E-state index contributed by atoms with van der Waals surface area (Å²) >= 11 is 0. The highest BCUT2D eigenvalue weighted by atomic mass is 16.3. The van der Waals surface area contributed by atoms with Gasteiger partial charge in [0.1, 0.15) is 0 Å². The first-order chi connectivity index (χ1) is 7.69. The van der Waals surface area contributed by atoms with Gasteiger partial charge in [0.05, 0.1) is 6.61 Å². The Morgan fingerprint density at radius 1 is 1.44 bits per heavy atom. The van der Waals surface area contributed by atoms with Gasteiger partial charge in [0.15, 0.2) is 0 Å². The van der Waals surface area contributed by atoms with Gasteiger partial charge in [-0.2, -0.15) is 0 Å². The molecular formula is C14H21NO. The molecule has 0 heterocycles. The number of aryl methyl sites for hydroxylation is 1. The molecule has 88 valence electrons. The fraction of sp³-hybridized carbons (Fsp3) is 0.429. The Bertz CT molecular complexity index is 347. The van der Waals surface area contributed by atoms with Crippen LogP contribution in [0, 0.1) is 6.92 Å². The summed E-state index contributed by atoms with van der Waals surface area (Å²) in [6.07, 6.45) is 4.13. The van der Waals surface area contributed by atoms with Gasteiger partial charge in [0, 0.05) is 19.3 Å². The van der Waals surface area contributed by atoms with Gasteiger partial charge < -0.3 is 10.0 Å². The van der Waals surface area contributed by atoms with Crippen molar-refractivity contribution < 1.29 is 5.11 Å². The van der Waals surface area contributed by atoms with Crippen LogP contribution < -0.4 is 4.90 Å². The number of unbranched alkanes of at least 4 members (excludes halogenated alkanes) is 1. The first kappa shape index (κ1) is 12.8. The van der Waals surface area contributed by atoms with Gasteiger partial charge >= 0.3 is 0 Å². The molecular weight excluding hydrogens is 198 g/mol. The Kier molecular flexibility index (Phi) is 5.06. The summed E-state index contributed by atoms with van der Waals surface area (Å²) in [6, 6.07) is 6.10. The average molecular weight is 219 g/mol. The van der Waals surface area contributed by atoms with Crippen molar-refractivity contribution in [1.29, 1.82) is 0 Å². The quantitative estimate of drug-likeness (QED) is 0.587. The molecule has 0 aliphatic rings. The summed E-state index contributed by atoms with van der Waals surface area (Å²) in [7, 11) is 2.10. The number of hydrogen-bond acceptors (Lipinski definition) is 2. The standard InChI is InChI=1S/C14H21NO/c1-4-5-6-9-15(3)14-8-7-13(11-16)10-12(14)2/h4,7-8,10,16H,1,5-6,9,11H2,2-3H3. The molecule has 2 nitrogen and oxygen atoms in total. The Labute approximate surface area is 98.2 Å². The third-order valence-electron chi connectivity index (χ3n) is 2.76. The lowest BCUT2D eigenvalue weighted by Gasteiger charge is -2.21. The van der Waals surface area contributed by atoms with Crippen LogP contribution in [0.25, 0.3) is 0 Å². The number of nitrogens with zero attached hydrogens (tertiary/aromatic N) is 1. The SMILES string of the molecule is C=CCCCN(C)c1ccc(CO)cc1C. The minimum absolute atomic E-state index is 0.112. The molecule has 0 aromatic heterocycles. The molecule has 0 unspecified atom stereocenters. The molecule has 1 aromatic carbocycles. The minimum atomic E-state index is 0.112. The van der Waals surface area contributed by atoms with E-state index in [-0.39, 0.29) is 6.61 Å². The van der Waals surface area contributed by atoms with Crippen molar-refractivity contribution in [2.75, 3.05) is 18.5 Å². The third-order valence-corrected chi connectivity index (χ3v) is 2.76. The maximum Gasteiger partial charge on any atom is 0.0681 e. The second-order valence-corrected chi connectivity index (χ2v) is 4.13. The molecule has 1 N–H and O–H groups in total. The lowest BCUT2D eigenvalue weighted by Crippen LogP contribution is -2.19. The summed E-state index contributed by atoms with van der Waals surface area (Å²) in [5.74, 6) is 0. The van der Waals surface area contributed by atoms with Gasteiger partial charge in [0.25, 0.3) is 0 Å². The van der Waals surface area contributed by atoms with Crippen molar-refractivity contribution in [2.24, 2.45) is 0 Å². The molecule has 0 saturated carbocycles. The van der Waals surface area contributed by atoms with Crippen LogP contribution in [0.15, 0.2) is 30.9 Å². The van der Waals surface area contributed by atoms with Crippen LogP contribution in [0.4, 0.5) is 5.69 Å². The largest absolute Gasteiger partial charge is 0.392 e. The molecule has 0 aliphatic carbocycles. The van der Waals surface area contributed by atoms with Crippen LogP contribution in [-0.4, -0.2) is 18.7 Å². The van der Waals surface area contributed by atoms with Crippen molar-refractivity contribution >= 4 is 5.69 Å². The zero-order chi connectivity index (χ0) is 12.0. The molecule has 0 saturated heterocycles. The van der Waals surface area contributed by atoms with E-state index in [9.17, 15) is 0 Å². The Hall–Kier alpha value is -1.28. The van der Waals surface area contributed by atoms with E-state index in [0.717, 1.165) is 24.9 Å². The summed E-state index contributed by atoms with van der Waals surface area (Å²) < 4.78 is 0. The van der Waals surface area contributed by atoms with Crippen LogP contribution in [0.5, 0.6) is 0 Å².